The van der Waals surface area contributed by atoms with E-state index in [0.717, 1.165) is 11.1 Å². The Balaban J connectivity index is 1.26. The highest BCUT2D eigenvalue weighted by Crippen LogP contribution is 2.44. The van der Waals surface area contributed by atoms with E-state index in [9.17, 15) is 14.4 Å². The van der Waals surface area contributed by atoms with E-state index in [1.54, 1.807) is 27.7 Å². The number of fused-ring (bicyclic) bond motifs is 3. The zero-order chi connectivity index (χ0) is 29.9. The van der Waals surface area contributed by atoms with Crippen molar-refractivity contribution in [3.63, 3.8) is 0 Å². The van der Waals surface area contributed by atoms with Gasteiger partial charge in [-0.15, -0.1) is 0 Å². The summed E-state index contributed by atoms with van der Waals surface area (Å²) in [6.45, 7) is 7.07. The minimum atomic E-state index is -1.18. The van der Waals surface area contributed by atoms with E-state index < -0.39 is 66.2 Å². The topological polar surface area (TPSA) is 128 Å². The summed E-state index contributed by atoms with van der Waals surface area (Å²) in [6, 6.07) is 17.2. The van der Waals surface area contributed by atoms with Crippen molar-refractivity contribution in [1.82, 2.24) is 5.32 Å². The summed E-state index contributed by atoms with van der Waals surface area (Å²) in [5.74, 6) is -3.79. The number of benzene rings is 2. The predicted molar refractivity (Wildman–Crippen MR) is 146 cm³/mol. The summed E-state index contributed by atoms with van der Waals surface area (Å²) >= 11 is 0. The first-order chi connectivity index (χ1) is 20.0. The molecule has 42 heavy (non-hydrogen) atoms. The van der Waals surface area contributed by atoms with E-state index in [0.29, 0.717) is 0 Å². The van der Waals surface area contributed by atoms with Gasteiger partial charge in [0, 0.05) is 6.42 Å². The third-order valence-electron chi connectivity index (χ3n) is 7.12. The molecule has 0 radical (unpaired) electrons. The number of rotatable bonds is 10. The fourth-order valence-electron chi connectivity index (χ4n) is 5.23. The molecule has 3 aliphatic heterocycles. The summed E-state index contributed by atoms with van der Waals surface area (Å²) < 4.78 is 40.9. The lowest BCUT2D eigenvalue weighted by atomic mass is 9.98. The highest BCUT2D eigenvalue weighted by Gasteiger charge is 2.62. The van der Waals surface area contributed by atoms with Crippen LogP contribution in [0.2, 0.25) is 0 Å². The van der Waals surface area contributed by atoms with Crippen LogP contribution in [0.1, 0.15) is 51.7 Å². The fourth-order valence-corrected chi connectivity index (χ4v) is 5.23. The zero-order valence-corrected chi connectivity index (χ0v) is 24.1. The van der Waals surface area contributed by atoms with Gasteiger partial charge in [-0.1, -0.05) is 60.7 Å². The number of ether oxygens (including phenoxy) is 7. The Morgan fingerprint density at radius 2 is 1.31 bits per heavy atom. The average molecular weight is 584 g/mol. The van der Waals surface area contributed by atoms with Gasteiger partial charge in [0.15, 0.2) is 24.0 Å². The summed E-state index contributed by atoms with van der Waals surface area (Å²) in [4.78, 5) is 39.4. The van der Waals surface area contributed by atoms with Gasteiger partial charge in [-0.25, -0.2) is 4.79 Å². The molecule has 226 valence electrons. The smallest absolute Gasteiger partial charge is 0.328 e. The zero-order valence-electron chi connectivity index (χ0n) is 24.1. The Kier molecular flexibility index (Phi) is 8.95. The molecule has 1 unspecified atom stereocenters. The van der Waals surface area contributed by atoms with Crippen molar-refractivity contribution in [3.8, 4) is 0 Å². The second-order valence-corrected chi connectivity index (χ2v) is 11.4. The van der Waals surface area contributed by atoms with Crippen molar-refractivity contribution in [2.45, 2.75) is 102 Å². The van der Waals surface area contributed by atoms with Crippen LogP contribution < -0.4 is 5.32 Å². The summed E-state index contributed by atoms with van der Waals surface area (Å²) in [7, 11) is 0. The molecule has 0 saturated carbocycles. The Bertz CT molecular complexity index is 1250. The van der Waals surface area contributed by atoms with Crippen LogP contribution in [0.3, 0.4) is 0 Å². The molecule has 6 atom stereocenters. The molecule has 1 N–H and O–H groups in total. The lowest BCUT2D eigenvalue weighted by Crippen LogP contribution is -2.61. The lowest BCUT2D eigenvalue weighted by Gasteiger charge is -2.36. The van der Waals surface area contributed by atoms with Crippen molar-refractivity contribution in [2.75, 3.05) is 0 Å². The average Bonchev–Trinajstić information content (AvgIpc) is 3.46. The van der Waals surface area contributed by atoms with Crippen LogP contribution in [0.15, 0.2) is 60.7 Å². The maximum atomic E-state index is 13.7. The Hall–Kier alpha value is -3.35. The predicted octanol–water partition coefficient (Wildman–Crippen LogP) is 3.13. The SMILES string of the molecule is CC1(C)O[C@H]2[C@@H](O1)[C@@H](C(=O)NC(CCC(=O)OCc1ccccc1)C(=O)OCc1ccccc1)O[C@@H]1OC(C)(C)O[C@@H]12. The Morgan fingerprint density at radius 3 is 1.95 bits per heavy atom. The molecule has 0 aromatic heterocycles. The molecule has 5 rings (SSSR count). The quantitative estimate of drug-likeness (QED) is 0.417. The van der Waals surface area contributed by atoms with Crippen LogP contribution in [0, 0.1) is 0 Å². The maximum absolute atomic E-state index is 13.7. The number of amides is 1. The van der Waals surface area contributed by atoms with Gasteiger partial charge in [0.1, 0.15) is 37.6 Å². The largest absolute Gasteiger partial charge is 0.461 e. The van der Waals surface area contributed by atoms with E-state index in [1.165, 1.54) is 0 Å². The van der Waals surface area contributed by atoms with E-state index in [2.05, 4.69) is 5.32 Å². The van der Waals surface area contributed by atoms with Crippen LogP contribution in [0.5, 0.6) is 0 Å². The highest BCUT2D eigenvalue weighted by molar-refractivity contribution is 5.88. The van der Waals surface area contributed by atoms with Crippen molar-refractivity contribution < 1.29 is 47.5 Å². The molecule has 2 aromatic carbocycles. The first-order valence-electron chi connectivity index (χ1n) is 14.1. The molecule has 3 saturated heterocycles. The molecule has 1 amide bonds. The summed E-state index contributed by atoms with van der Waals surface area (Å²) in [5.41, 5.74) is 1.62. The third kappa shape index (κ3) is 7.34. The summed E-state index contributed by atoms with van der Waals surface area (Å²) in [5, 5.41) is 2.71. The number of nitrogens with one attached hydrogen (secondary N) is 1. The van der Waals surface area contributed by atoms with Crippen LogP contribution in [-0.4, -0.2) is 66.2 Å². The molecule has 0 aliphatic carbocycles. The van der Waals surface area contributed by atoms with Crippen LogP contribution in [0.25, 0.3) is 0 Å². The van der Waals surface area contributed by atoms with Gasteiger partial charge in [-0.2, -0.15) is 0 Å². The molecular formula is C31H37NO10. The molecular weight excluding hydrogens is 546 g/mol. The monoisotopic (exact) mass is 583 g/mol. The lowest BCUT2D eigenvalue weighted by molar-refractivity contribution is -0.231. The van der Waals surface area contributed by atoms with E-state index >= 15 is 0 Å². The normalized spacial score (nSPS) is 27.8. The molecule has 0 bridgehead atoms. The van der Waals surface area contributed by atoms with Gasteiger partial charge in [0.2, 0.25) is 0 Å². The van der Waals surface area contributed by atoms with Crippen LogP contribution in [0.4, 0.5) is 0 Å². The van der Waals surface area contributed by atoms with Gasteiger partial charge in [-0.3, -0.25) is 9.59 Å². The van der Waals surface area contributed by atoms with E-state index in [4.69, 9.17) is 33.2 Å². The molecule has 0 spiro atoms. The van der Waals surface area contributed by atoms with Crippen molar-refractivity contribution >= 4 is 17.8 Å². The molecule has 2 aromatic rings. The van der Waals surface area contributed by atoms with Crippen LogP contribution in [-0.2, 0) is 60.8 Å². The van der Waals surface area contributed by atoms with E-state index in [-0.39, 0.29) is 26.1 Å². The van der Waals surface area contributed by atoms with Gasteiger partial charge in [0.05, 0.1) is 0 Å². The first-order valence-corrected chi connectivity index (χ1v) is 14.1. The summed E-state index contributed by atoms with van der Waals surface area (Å²) in [6.07, 6.45) is -4.31. The molecule has 3 aliphatic rings. The number of hydrogen-bond acceptors (Lipinski definition) is 10. The molecule has 3 heterocycles. The maximum Gasteiger partial charge on any atom is 0.328 e. The molecule has 11 heteroatoms. The Labute approximate surface area is 244 Å². The Morgan fingerprint density at radius 1 is 0.762 bits per heavy atom. The number of hydrogen-bond donors (Lipinski definition) is 1. The molecule has 3 fully saturated rings. The third-order valence-corrected chi connectivity index (χ3v) is 7.12. The molecule has 11 nitrogen and oxygen atoms in total. The van der Waals surface area contributed by atoms with Gasteiger partial charge >= 0.3 is 11.9 Å². The number of carbonyl (C=O) groups is 3. The standard InChI is InChI=1S/C31H37NO10/c1-30(2)39-23-24(40-30)26-29(42-31(3,4)41-26)38-25(23)27(34)32-21(28(35)37-18-20-13-9-6-10-14-20)15-16-22(33)36-17-19-11-7-5-8-12-19/h5-14,21,23-26,29H,15-18H2,1-4H3,(H,32,34)/t21?,23-,24+,25+,26-,29-/m1/s1. The second-order valence-electron chi connectivity index (χ2n) is 11.4. The fraction of sp³-hybridized carbons (Fsp3) is 0.516. The number of esters is 2. The minimum absolute atomic E-state index is 0.00425. The van der Waals surface area contributed by atoms with Crippen LogP contribution >= 0.6 is 0 Å². The first kappa shape index (κ1) is 30.1. The van der Waals surface area contributed by atoms with E-state index in [1.807, 2.05) is 60.7 Å². The second kappa shape index (κ2) is 12.5. The van der Waals surface area contributed by atoms with Crippen molar-refractivity contribution in [3.05, 3.63) is 71.8 Å². The minimum Gasteiger partial charge on any atom is -0.461 e. The van der Waals surface area contributed by atoms with Gasteiger partial charge in [0.25, 0.3) is 5.91 Å². The van der Waals surface area contributed by atoms with Crippen molar-refractivity contribution in [2.24, 2.45) is 0 Å². The van der Waals surface area contributed by atoms with Gasteiger partial charge < -0.3 is 38.5 Å². The van der Waals surface area contributed by atoms with Crippen molar-refractivity contribution in [1.29, 1.82) is 0 Å². The van der Waals surface area contributed by atoms with Gasteiger partial charge in [-0.05, 0) is 45.2 Å². The number of carbonyl (C=O) groups excluding carboxylic acids is 3. The highest BCUT2D eigenvalue weighted by atomic mass is 16.9.